The molecule has 0 fully saturated rings. The number of nitrogens with one attached hydrogen (secondary N) is 1. The quantitative estimate of drug-likeness (QED) is 0.641. The lowest BCUT2D eigenvalue weighted by Crippen LogP contribution is -2.32. The number of carbonyl (C=O) groups excluding carboxylic acids is 1. The molecule has 1 N–H and O–H groups in total. The third kappa shape index (κ3) is 3.86. The Morgan fingerprint density at radius 2 is 2.00 bits per heavy atom. The lowest BCUT2D eigenvalue weighted by molar-refractivity contribution is -0.119. The average Bonchev–Trinajstić information content (AvgIpc) is 2.68. The number of fused-ring (bicyclic) bond motifs is 2. The number of thioether (sulfide) groups is 1. The number of para-hydroxylation sites is 1. The molecule has 0 aliphatic heterocycles. The summed E-state index contributed by atoms with van der Waals surface area (Å²) in [6, 6.07) is 16.9. The molecule has 2 aromatic carbocycles. The van der Waals surface area contributed by atoms with Crippen LogP contribution in [0.1, 0.15) is 41.1 Å². The molecule has 138 valence electrons. The molecule has 0 saturated heterocycles. The number of benzene rings is 2. The monoisotopic (exact) mass is 376 g/mol. The number of pyridine rings is 1. The molecule has 0 bridgehead atoms. The van der Waals surface area contributed by atoms with Crippen molar-refractivity contribution >= 4 is 28.6 Å². The first-order chi connectivity index (χ1) is 13.1. The fourth-order valence-electron chi connectivity index (χ4n) is 3.88. The molecule has 1 amide bonds. The zero-order valence-corrected chi connectivity index (χ0v) is 16.6. The average molecular weight is 377 g/mol. The van der Waals surface area contributed by atoms with Gasteiger partial charge in [-0.1, -0.05) is 54.2 Å². The van der Waals surface area contributed by atoms with E-state index in [0.29, 0.717) is 5.75 Å². The summed E-state index contributed by atoms with van der Waals surface area (Å²) in [7, 11) is 0. The van der Waals surface area contributed by atoms with Crippen molar-refractivity contribution in [3.05, 3.63) is 70.8 Å². The fourth-order valence-corrected chi connectivity index (χ4v) is 4.66. The van der Waals surface area contributed by atoms with E-state index in [1.54, 1.807) is 0 Å². The van der Waals surface area contributed by atoms with Crippen LogP contribution in [0.2, 0.25) is 0 Å². The van der Waals surface area contributed by atoms with Gasteiger partial charge in [0.2, 0.25) is 5.91 Å². The van der Waals surface area contributed by atoms with E-state index >= 15 is 0 Å². The van der Waals surface area contributed by atoms with Crippen LogP contribution in [0.25, 0.3) is 10.9 Å². The lowest BCUT2D eigenvalue weighted by Gasteiger charge is -2.26. The van der Waals surface area contributed by atoms with E-state index < -0.39 is 0 Å². The smallest absolute Gasteiger partial charge is 0.230 e. The molecule has 4 rings (SSSR count). The number of nitrogens with zero attached hydrogens (tertiary/aromatic N) is 1. The topological polar surface area (TPSA) is 42.0 Å². The SMILES string of the molecule is Cc1cc(SCC(=O)N[C@@H]2CCCc3ccccc32)nc2c(C)cccc12. The molecular weight excluding hydrogens is 352 g/mol. The van der Waals surface area contributed by atoms with E-state index in [0.717, 1.165) is 29.8 Å². The first kappa shape index (κ1) is 18.1. The maximum absolute atomic E-state index is 12.6. The highest BCUT2D eigenvalue weighted by Gasteiger charge is 2.21. The molecule has 1 aliphatic rings. The molecule has 0 spiro atoms. The largest absolute Gasteiger partial charge is 0.349 e. The second-order valence-corrected chi connectivity index (χ2v) is 8.24. The fraction of sp³-hybridized carbons (Fsp3) is 0.304. The van der Waals surface area contributed by atoms with Crippen LogP contribution in [-0.4, -0.2) is 16.6 Å². The van der Waals surface area contributed by atoms with Gasteiger partial charge in [-0.2, -0.15) is 0 Å². The van der Waals surface area contributed by atoms with Crippen LogP contribution in [0.4, 0.5) is 0 Å². The highest BCUT2D eigenvalue weighted by Crippen LogP contribution is 2.30. The first-order valence-electron chi connectivity index (χ1n) is 9.49. The van der Waals surface area contributed by atoms with Gasteiger partial charge in [-0.25, -0.2) is 4.98 Å². The van der Waals surface area contributed by atoms with Crippen molar-refractivity contribution in [3.8, 4) is 0 Å². The molecule has 4 heteroatoms. The zero-order valence-electron chi connectivity index (χ0n) is 15.8. The summed E-state index contributed by atoms with van der Waals surface area (Å²) in [6.45, 7) is 4.18. The summed E-state index contributed by atoms with van der Waals surface area (Å²) in [5, 5.41) is 5.31. The van der Waals surface area contributed by atoms with Gasteiger partial charge >= 0.3 is 0 Å². The number of aromatic nitrogens is 1. The third-order valence-electron chi connectivity index (χ3n) is 5.28. The molecule has 1 atom stereocenters. The minimum Gasteiger partial charge on any atom is -0.349 e. The van der Waals surface area contributed by atoms with Gasteiger partial charge in [0.15, 0.2) is 0 Å². The van der Waals surface area contributed by atoms with Crippen molar-refractivity contribution in [2.24, 2.45) is 0 Å². The van der Waals surface area contributed by atoms with Crippen LogP contribution in [0.15, 0.2) is 53.6 Å². The van der Waals surface area contributed by atoms with Gasteiger partial charge in [0.25, 0.3) is 0 Å². The van der Waals surface area contributed by atoms with Crippen molar-refractivity contribution < 1.29 is 4.79 Å². The molecule has 1 aromatic heterocycles. The van der Waals surface area contributed by atoms with Gasteiger partial charge in [0, 0.05) is 5.39 Å². The zero-order chi connectivity index (χ0) is 18.8. The second-order valence-electron chi connectivity index (χ2n) is 7.25. The van der Waals surface area contributed by atoms with Gasteiger partial charge in [0.05, 0.1) is 22.3 Å². The Morgan fingerprint density at radius 3 is 2.89 bits per heavy atom. The number of amides is 1. The Morgan fingerprint density at radius 1 is 1.15 bits per heavy atom. The summed E-state index contributed by atoms with van der Waals surface area (Å²) < 4.78 is 0. The van der Waals surface area contributed by atoms with Crippen LogP contribution < -0.4 is 5.32 Å². The molecule has 3 nitrogen and oxygen atoms in total. The van der Waals surface area contributed by atoms with Crippen LogP contribution >= 0.6 is 11.8 Å². The van der Waals surface area contributed by atoms with E-state index in [-0.39, 0.29) is 11.9 Å². The number of hydrogen-bond acceptors (Lipinski definition) is 3. The Bertz CT molecular complexity index is 999. The maximum atomic E-state index is 12.6. The maximum Gasteiger partial charge on any atom is 0.230 e. The van der Waals surface area contributed by atoms with Crippen LogP contribution in [0.5, 0.6) is 0 Å². The number of carbonyl (C=O) groups is 1. The summed E-state index contributed by atoms with van der Waals surface area (Å²) >= 11 is 1.51. The molecular formula is C23H24N2OS. The van der Waals surface area contributed by atoms with Gasteiger partial charge in [-0.05, 0) is 61.4 Å². The van der Waals surface area contributed by atoms with Crippen molar-refractivity contribution in [1.29, 1.82) is 0 Å². The molecule has 27 heavy (non-hydrogen) atoms. The number of aryl methyl sites for hydroxylation is 3. The first-order valence-corrected chi connectivity index (χ1v) is 10.5. The van der Waals surface area contributed by atoms with Gasteiger partial charge in [-0.15, -0.1) is 0 Å². The predicted octanol–water partition coefficient (Wildman–Crippen LogP) is 5.14. The van der Waals surface area contributed by atoms with Crippen LogP contribution in [-0.2, 0) is 11.2 Å². The molecule has 3 aromatic rings. The molecule has 0 saturated carbocycles. The van der Waals surface area contributed by atoms with E-state index in [4.69, 9.17) is 4.98 Å². The highest BCUT2D eigenvalue weighted by atomic mass is 32.2. The van der Waals surface area contributed by atoms with Gasteiger partial charge in [-0.3, -0.25) is 4.79 Å². The van der Waals surface area contributed by atoms with E-state index in [9.17, 15) is 4.79 Å². The Labute approximate surface area is 164 Å². The second kappa shape index (κ2) is 7.73. The molecule has 1 heterocycles. The minimum atomic E-state index is 0.0750. The molecule has 0 unspecified atom stereocenters. The van der Waals surface area contributed by atoms with Crippen molar-refractivity contribution in [2.45, 2.75) is 44.2 Å². The molecule has 0 radical (unpaired) electrons. The number of hydrogen-bond donors (Lipinski definition) is 1. The number of rotatable bonds is 4. The normalized spacial score (nSPS) is 16.1. The Kier molecular flexibility index (Phi) is 5.17. The van der Waals surface area contributed by atoms with Crippen molar-refractivity contribution in [2.75, 3.05) is 5.75 Å². The third-order valence-corrected chi connectivity index (χ3v) is 6.19. The van der Waals surface area contributed by atoms with Crippen LogP contribution in [0.3, 0.4) is 0 Å². The molecule has 1 aliphatic carbocycles. The van der Waals surface area contributed by atoms with Gasteiger partial charge < -0.3 is 5.32 Å². The lowest BCUT2D eigenvalue weighted by atomic mass is 9.88. The Hall–Kier alpha value is -2.33. The summed E-state index contributed by atoms with van der Waals surface area (Å²) in [5.41, 5.74) is 6.04. The Balaban J connectivity index is 1.44. The standard InChI is InChI=1S/C23H24N2OS/c1-15-7-5-11-18-16(2)13-22(25-23(15)18)27-14-21(26)24-20-12-6-9-17-8-3-4-10-19(17)20/h3-5,7-8,10-11,13,20H,6,9,12,14H2,1-2H3,(H,24,26)/t20-/m1/s1. The van der Waals surface area contributed by atoms with Crippen molar-refractivity contribution in [3.63, 3.8) is 0 Å². The van der Waals surface area contributed by atoms with E-state index in [1.807, 2.05) is 0 Å². The van der Waals surface area contributed by atoms with Crippen LogP contribution in [0, 0.1) is 13.8 Å². The summed E-state index contributed by atoms with van der Waals surface area (Å²) in [6.07, 6.45) is 3.25. The van der Waals surface area contributed by atoms with Gasteiger partial charge in [0.1, 0.15) is 0 Å². The summed E-state index contributed by atoms with van der Waals surface area (Å²) in [4.78, 5) is 17.3. The predicted molar refractivity (Wildman–Crippen MR) is 112 cm³/mol. The van der Waals surface area contributed by atoms with Crippen molar-refractivity contribution in [1.82, 2.24) is 10.3 Å². The summed E-state index contributed by atoms with van der Waals surface area (Å²) in [5.74, 6) is 0.466. The van der Waals surface area contributed by atoms with E-state index in [2.05, 4.69) is 67.7 Å². The van der Waals surface area contributed by atoms with E-state index in [1.165, 1.54) is 39.4 Å². The minimum absolute atomic E-state index is 0.0750. The highest BCUT2D eigenvalue weighted by molar-refractivity contribution is 7.99.